The fourth-order valence-electron chi connectivity index (χ4n) is 3.69. The summed E-state index contributed by atoms with van der Waals surface area (Å²) in [7, 11) is 0. The second-order valence-electron chi connectivity index (χ2n) is 6.90. The van der Waals surface area contributed by atoms with E-state index in [1.54, 1.807) is 0 Å². The van der Waals surface area contributed by atoms with Gasteiger partial charge in [0.25, 0.3) is 0 Å². The van der Waals surface area contributed by atoms with Crippen LogP contribution in [0.4, 0.5) is 0 Å². The molecule has 2 aliphatic heterocycles. The van der Waals surface area contributed by atoms with E-state index in [9.17, 15) is 9.90 Å². The number of carboxylic acid groups (broad SMARTS) is 1. The van der Waals surface area contributed by atoms with Crippen molar-refractivity contribution in [1.82, 2.24) is 4.90 Å². The standard InChI is InChI=1S/C23H23NO4/c25-23(26)17-7-5-13-24(15-17)14-6-10-18-19-8-1-3-11-21(19)27-16-28-22-12-4-2-9-20(18)22/h1-4,7-12H,5-6,13-16H2,(H,25,26). The van der Waals surface area contributed by atoms with E-state index in [0.717, 1.165) is 54.1 Å². The Kier molecular flexibility index (Phi) is 5.44. The topological polar surface area (TPSA) is 59.0 Å². The summed E-state index contributed by atoms with van der Waals surface area (Å²) in [6.07, 6.45) is 5.62. The van der Waals surface area contributed by atoms with Crippen LogP contribution in [0.5, 0.6) is 11.5 Å². The first-order valence-corrected chi connectivity index (χ1v) is 9.51. The van der Waals surface area contributed by atoms with Crippen molar-refractivity contribution in [2.24, 2.45) is 0 Å². The summed E-state index contributed by atoms with van der Waals surface area (Å²) >= 11 is 0. The van der Waals surface area contributed by atoms with E-state index in [1.807, 2.05) is 42.5 Å². The Hall–Kier alpha value is -3.05. The van der Waals surface area contributed by atoms with Crippen LogP contribution in [0.25, 0.3) is 5.57 Å². The molecule has 0 atom stereocenters. The number of hydrogen-bond donors (Lipinski definition) is 1. The maximum Gasteiger partial charge on any atom is 0.332 e. The number of carboxylic acids is 1. The molecule has 0 saturated heterocycles. The average molecular weight is 377 g/mol. The highest BCUT2D eigenvalue weighted by molar-refractivity contribution is 5.87. The van der Waals surface area contributed by atoms with E-state index >= 15 is 0 Å². The lowest BCUT2D eigenvalue weighted by Crippen LogP contribution is -2.32. The first kappa shape index (κ1) is 18.3. The number of ether oxygens (including phenoxy) is 2. The van der Waals surface area contributed by atoms with Crippen LogP contribution in [0, 0.1) is 0 Å². The zero-order valence-corrected chi connectivity index (χ0v) is 15.6. The number of carbonyl (C=O) groups is 1. The van der Waals surface area contributed by atoms with Crippen molar-refractivity contribution >= 4 is 11.5 Å². The van der Waals surface area contributed by atoms with Crippen molar-refractivity contribution in [2.45, 2.75) is 12.8 Å². The zero-order valence-electron chi connectivity index (χ0n) is 15.6. The van der Waals surface area contributed by atoms with Crippen molar-refractivity contribution in [1.29, 1.82) is 0 Å². The van der Waals surface area contributed by atoms with E-state index < -0.39 is 5.97 Å². The van der Waals surface area contributed by atoms with E-state index in [1.165, 1.54) is 0 Å². The molecule has 144 valence electrons. The third-order valence-electron chi connectivity index (χ3n) is 5.08. The Balaban J connectivity index is 1.59. The maximum absolute atomic E-state index is 11.2. The van der Waals surface area contributed by atoms with E-state index in [2.05, 4.69) is 23.1 Å². The first-order valence-electron chi connectivity index (χ1n) is 9.51. The quantitative estimate of drug-likeness (QED) is 0.874. The molecule has 0 spiro atoms. The molecule has 0 unspecified atom stereocenters. The third kappa shape index (κ3) is 3.94. The largest absolute Gasteiger partial charge is 0.478 e. The van der Waals surface area contributed by atoms with Gasteiger partial charge >= 0.3 is 5.97 Å². The highest BCUT2D eigenvalue weighted by atomic mass is 16.7. The number of aliphatic carboxylic acids is 1. The third-order valence-corrected chi connectivity index (χ3v) is 5.08. The Labute approximate surface area is 164 Å². The molecule has 4 rings (SSSR count). The molecule has 5 heteroatoms. The van der Waals surface area contributed by atoms with E-state index in [4.69, 9.17) is 9.47 Å². The fraction of sp³-hybridized carbons (Fsp3) is 0.261. The summed E-state index contributed by atoms with van der Waals surface area (Å²) in [5.74, 6) is 0.787. The van der Waals surface area contributed by atoms with Crippen LogP contribution >= 0.6 is 0 Å². The number of para-hydroxylation sites is 2. The fourth-order valence-corrected chi connectivity index (χ4v) is 3.69. The summed E-state index contributed by atoms with van der Waals surface area (Å²) < 4.78 is 11.6. The SMILES string of the molecule is O=C(O)C1=CCCN(CCC=C2c3ccccc3OCOc3ccccc32)C1. The van der Waals surface area contributed by atoms with Gasteiger partial charge in [0, 0.05) is 36.3 Å². The van der Waals surface area contributed by atoms with Crippen LogP contribution in [0.3, 0.4) is 0 Å². The lowest BCUT2D eigenvalue weighted by atomic mass is 9.95. The molecule has 28 heavy (non-hydrogen) atoms. The van der Waals surface area contributed by atoms with Gasteiger partial charge in [-0.15, -0.1) is 0 Å². The lowest BCUT2D eigenvalue weighted by molar-refractivity contribution is -0.133. The van der Waals surface area contributed by atoms with Crippen LogP contribution in [0.15, 0.2) is 66.3 Å². The van der Waals surface area contributed by atoms with Crippen LogP contribution < -0.4 is 9.47 Å². The van der Waals surface area contributed by atoms with Gasteiger partial charge in [0.1, 0.15) is 11.5 Å². The molecule has 0 saturated carbocycles. The molecule has 0 fully saturated rings. The van der Waals surface area contributed by atoms with E-state index in [-0.39, 0.29) is 6.79 Å². The van der Waals surface area contributed by atoms with Gasteiger partial charge in [-0.25, -0.2) is 4.79 Å². The molecule has 0 amide bonds. The molecule has 0 aromatic heterocycles. The molecular formula is C23H23NO4. The highest BCUT2D eigenvalue weighted by Crippen LogP contribution is 2.37. The summed E-state index contributed by atoms with van der Waals surface area (Å²) in [4.78, 5) is 13.4. The minimum absolute atomic E-state index is 0.180. The van der Waals surface area contributed by atoms with Crippen molar-refractivity contribution < 1.29 is 19.4 Å². The van der Waals surface area contributed by atoms with Crippen molar-refractivity contribution in [3.05, 3.63) is 77.4 Å². The molecule has 0 bridgehead atoms. The molecule has 1 N–H and O–H groups in total. The minimum Gasteiger partial charge on any atom is -0.478 e. The zero-order chi connectivity index (χ0) is 19.3. The number of rotatable bonds is 4. The number of benzene rings is 2. The Morgan fingerprint density at radius 1 is 1.04 bits per heavy atom. The maximum atomic E-state index is 11.2. The van der Waals surface area contributed by atoms with E-state index in [0.29, 0.717) is 12.1 Å². The van der Waals surface area contributed by atoms with Crippen LogP contribution in [0.1, 0.15) is 24.0 Å². The average Bonchev–Trinajstić information content (AvgIpc) is 2.71. The lowest BCUT2D eigenvalue weighted by Gasteiger charge is -2.25. The van der Waals surface area contributed by atoms with Crippen molar-refractivity contribution in [3.8, 4) is 11.5 Å². The second kappa shape index (κ2) is 8.31. The Bertz CT molecular complexity index is 882. The summed E-state index contributed by atoms with van der Waals surface area (Å²) in [6.45, 7) is 2.37. The van der Waals surface area contributed by atoms with Gasteiger partial charge in [-0.1, -0.05) is 48.6 Å². The van der Waals surface area contributed by atoms with Gasteiger partial charge in [-0.3, -0.25) is 4.90 Å². The number of nitrogens with zero attached hydrogens (tertiary/aromatic N) is 1. The molecular weight excluding hydrogens is 354 g/mol. The Morgan fingerprint density at radius 3 is 2.32 bits per heavy atom. The van der Waals surface area contributed by atoms with Crippen molar-refractivity contribution in [2.75, 3.05) is 26.4 Å². The monoisotopic (exact) mass is 377 g/mol. The normalized spacial score (nSPS) is 16.4. The smallest absolute Gasteiger partial charge is 0.332 e. The molecule has 0 aliphatic carbocycles. The molecule has 0 radical (unpaired) electrons. The number of fused-ring (bicyclic) bond motifs is 2. The second-order valence-corrected chi connectivity index (χ2v) is 6.90. The van der Waals surface area contributed by atoms with Crippen LogP contribution in [-0.4, -0.2) is 42.4 Å². The summed E-state index contributed by atoms with van der Waals surface area (Å²) in [6, 6.07) is 16.0. The minimum atomic E-state index is -0.819. The summed E-state index contributed by atoms with van der Waals surface area (Å²) in [5.41, 5.74) is 3.66. The van der Waals surface area contributed by atoms with Gasteiger partial charge in [0.15, 0.2) is 0 Å². The molecule has 2 aliphatic rings. The molecule has 2 aromatic carbocycles. The van der Waals surface area contributed by atoms with Gasteiger partial charge in [0.05, 0.1) is 0 Å². The highest BCUT2D eigenvalue weighted by Gasteiger charge is 2.19. The van der Waals surface area contributed by atoms with Crippen LogP contribution in [-0.2, 0) is 4.79 Å². The van der Waals surface area contributed by atoms with Crippen molar-refractivity contribution in [3.63, 3.8) is 0 Å². The van der Waals surface area contributed by atoms with Gasteiger partial charge in [-0.05, 0) is 30.5 Å². The molecule has 5 nitrogen and oxygen atoms in total. The number of hydrogen-bond acceptors (Lipinski definition) is 4. The predicted octanol–water partition coefficient (Wildman–Crippen LogP) is 3.95. The molecule has 2 heterocycles. The van der Waals surface area contributed by atoms with Gasteiger partial charge in [-0.2, -0.15) is 0 Å². The van der Waals surface area contributed by atoms with Gasteiger partial charge < -0.3 is 14.6 Å². The Morgan fingerprint density at radius 2 is 1.68 bits per heavy atom. The molecule has 2 aromatic rings. The predicted molar refractivity (Wildman–Crippen MR) is 107 cm³/mol. The van der Waals surface area contributed by atoms with Gasteiger partial charge in [0.2, 0.25) is 6.79 Å². The summed E-state index contributed by atoms with van der Waals surface area (Å²) in [5, 5.41) is 9.23. The van der Waals surface area contributed by atoms with Crippen LogP contribution in [0.2, 0.25) is 0 Å². The first-order chi connectivity index (χ1) is 13.7.